The third-order valence-electron chi connectivity index (χ3n) is 2.99. The van der Waals surface area contributed by atoms with E-state index in [-0.39, 0.29) is 0 Å². The Labute approximate surface area is 98.1 Å². The van der Waals surface area contributed by atoms with Crippen molar-refractivity contribution in [1.29, 1.82) is 0 Å². The molecule has 5 nitrogen and oxygen atoms in total. The number of H-pyrrole nitrogens is 1. The van der Waals surface area contributed by atoms with Gasteiger partial charge in [-0.15, -0.1) is 0 Å². The Morgan fingerprint density at radius 1 is 1.29 bits per heavy atom. The monoisotopic (exact) mass is 236 g/mol. The summed E-state index contributed by atoms with van der Waals surface area (Å²) in [5.74, 6) is -0.274. The first-order valence-electron chi connectivity index (χ1n) is 5.64. The van der Waals surface area contributed by atoms with Crippen molar-refractivity contribution >= 4 is 11.0 Å². The molecular weight excluding hydrogens is 220 g/mol. The van der Waals surface area contributed by atoms with Gasteiger partial charge in [0, 0.05) is 12.2 Å². The highest BCUT2D eigenvalue weighted by Crippen LogP contribution is 2.20. The summed E-state index contributed by atoms with van der Waals surface area (Å²) in [6, 6.07) is 0. The first-order valence-corrected chi connectivity index (χ1v) is 5.64. The van der Waals surface area contributed by atoms with Crippen LogP contribution in [-0.2, 0) is 6.54 Å². The van der Waals surface area contributed by atoms with Crippen molar-refractivity contribution in [2.24, 2.45) is 5.92 Å². The zero-order valence-electron chi connectivity index (χ0n) is 10.5. The predicted octanol–water partition coefficient (Wildman–Crippen LogP) is 1.56. The Hall–Kier alpha value is -1.78. The van der Waals surface area contributed by atoms with Gasteiger partial charge in [0.2, 0.25) is 0 Å². The first kappa shape index (κ1) is 11.7. The maximum atomic E-state index is 11.7. The van der Waals surface area contributed by atoms with Gasteiger partial charge in [0.05, 0.1) is 0 Å². The highest BCUT2D eigenvalue weighted by atomic mass is 16.4. The summed E-state index contributed by atoms with van der Waals surface area (Å²) in [5, 5.41) is 0.475. The molecule has 0 amide bonds. The molecule has 0 radical (unpaired) electrons. The lowest BCUT2D eigenvalue weighted by Crippen LogP contribution is -2.16. The molecule has 0 saturated carbocycles. The molecule has 0 fully saturated rings. The molecule has 0 saturated heterocycles. The molecule has 1 N–H and O–H groups in total. The highest BCUT2D eigenvalue weighted by Gasteiger charge is 2.16. The lowest BCUT2D eigenvalue weighted by atomic mass is 10.2. The topological polar surface area (TPSA) is 68.0 Å². The highest BCUT2D eigenvalue weighted by molar-refractivity contribution is 5.80. The summed E-state index contributed by atoms with van der Waals surface area (Å²) < 4.78 is 6.53. The van der Waals surface area contributed by atoms with E-state index < -0.39 is 11.4 Å². The minimum atomic E-state index is -0.704. The van der Waals surface area contributed by atoms with Gasteiger partial charge in [-0.1, -0.05) is 13.8 Å². The molecule has 0 spiro atoms. The van der Waals surface area contributed by atoms with E-state index in [1.54, 1.807) is 0 Å². The summed E-state index contributed by atoms with van der Waals surface area (Å²) in [5.41, 5.74) is 1.86. The molecular formula is C12H16N2O3. The van der Waals surface area contributed by atoms with E-state index in [2.05, 4.69) is 23.2 Å². The molecule has 5 heteroatoms. The maximum absolute atomic E-state index is 11.7. The Morgan fingerprint density at radius 3 is 2.53 bits per heavy atom. The van der Waals surface area contributed by atoms with Crippen LogP contribution < -0.4 is 11.4 Å². The van der Waals surface area contributed by atoms with Crippen LogP contribution in [0.3, 0.4) is 0 Å². The van der Waals surface area contributed by atoms with Crippen LogP contribution in [-0.4, -0.2) is 9.55 Å². The van der Waals surface area contributed by atoms with E-state index in [9.17, 15) is 9.59 Å². The number of rotatable bonds is 2. The molecule has 17 heavy (non-hydrogen) atoms. The predicted molar refractivity (Wildman–Crippen MR) is 65.4 cm³/mol. The fourth-order valence-corrected chi connectivity index (χ4v) is 2.09. The first-order chi connectivity index (χ1) is 7.91. The lowest BCUT2D eigenvalue weighted by molar-refractivity contribution is 0.456. The molecule has 0 aliphatic heterocycles. The van der Waals surface area contributed by atoms with E-state index in [0.29, 0.717) is 17.0 Å². The molecule has 0 aliphatic carbocycles. The van der Waals surface area contributed by atoms with Gasteiger partial charge in [-0.3, -0.25) is 4.98 Å². The van der Waals surface area contributed by atoms with Gasteiger partial charge < -0.3 is 8.98 Å². The van der Waals surface area contributed by atoms with Gasteiger partial charge in [-0.25, -0.2) is 9.59 Å². The number of nitrogens with one attached hydrogen (secondary N) is 1. The number of hydrogen-bond acceptors (Lipinski definition) is 3. The average molecular weight is 236 g/mol. The van der Waals surface area contributed by atoms with E-state index in [0.717, 1.165) is 17.8 Å². The number of aromatic nitrogens is 2. The number of aryl methyl sites for hydroxylation is 1. The molecule has 0 atom stereocenters. The molecule has 2 rings (SSSR count). The van der Waals surface area contributed by atoms with Crippen LogP contribution >= 0.6 is 0 Å². The van der Waals surface area contributed by atoms with Crippen molar-refractivity contribution in [3.05, 3.63) is 32.2 Å². The van der Waals surface area contributed by atoms with Gasteiger partial charge in [0.1, 0.15) is 11.0 Å². The molecule has 2 aromatic rings. The maximum Gasteiger partial charge on any atom is 0.420 e. The van der Waals surface area contributed by atoms with E-state index in [1.165, 1.54) is 0 Å². The van der Waals surface area contributed by atoms with Crippen molar-refractivity contribution in [3.63, 3.8) is 0 Å². The largest absolute Gasteiger partial charge is 0.420 e. The number of fused-ring (bicyclic) bond motifs is 1. The minimum absolute atomic E-state index is 0.430. The Morgan fingerprint density at radius 2 is 1.94 bits per heavy atom. The summed E-state index contributed by atoms with van der Waals surface area (Å²) in [6.07, 6.45) is 0. The summed E-state index contributed by atoms with van der Waals surface area (Å²) in [6.45, 7) is 8.74. The normalized spacial score (nSPS) is 11.6. The molecule has 0 aromatic carbocycles. The fraction of sp³-hybridized carbons (Fsp3) is 0.500. The van der Waals surface area contributed by atoms with Crippen LogP contribution in [0.4, 0.5) is 0 Å². The second kappa shape index (κ2) is 3.91. The van der Waals surface area contributed by atoms with E-state index >= 15 is 0 Å². The molecule has 0 unspecified atom stereocenters. The third-order valence-corrected chi connectivity index (χ3v) is 2.99. The molecule has 2 heterocycles. The lowest BCUT2D eigenvalue weighted by Gasteiger charge is -2.10. The van der Waals surface area contributed by atoms with Crippen molar-refractivity contribution < 1.29 is 4.42 Å². The number of nitrogens with zero attached hydrogens (tertiary/aromatic N) is 1. The standard InChI is InChI=1S/C12H16N2O3/c1-6(2)5-14-8(4)7(3)9-10(14)13-12(16)17-11(9)15/h6H,5H2,1-4H3,(H,13,16). The van der Waals surface area contributed by atoms with Crippen LogP contribution in [0.1, 0.15) is 25.1 Å². The van der Waals surface area contributed by atoms with Gasteiger partial charge in [-0.2, -0.15) is 0 Å². The smallest absolute Gasteiger partial charge is 0.372 e. The molecule has 92 valence electrons. The van der Waals surface area contributed by atoms with Crippen LogP contribution in [0.5, 0.6) is 0 Å². The van der Waals surface area contributed by atoms with Gasteiger partial charge in [0.15, 0.2) is 0 Å². The van der Waals surface area contributed by atoms with Crippen molar-refractivity contribution in [3.8, 4) is 0 Å². The minimum Gasteiger partial charge on any atom is -0.372 e. The summed E-state index contributed by atoms with van der Waals surface area (Å²) in [7, 11) is 0. The van der Waals surface area contributed by atoms with Crippen molar-refractivity contribution in [2.75, 3.05) is 0 Å². The van der Waals surface area contributed by atoms with Crippen molar-refractivity contribution in [1.82, 2.24) is 9.55 Å². The zero-order chi connectivity index (χ0) is 12.7. The van der Waals surface area contributed by atoms with Gasteiger partial charge in [0.25, 0.3) is 0 Å². The van der Waals surface area contributed by atoms with Crippen molar-refractivity contribution in [2.45, 2.75) is 34.2 Å². The van der Waals surface area contributed by atoms with Gasteiger partial charge >= 0.3 is 11.4 Å². The molecule has 0 bridgehead atoms. The summed E-state index contributed by atoms with van der Waals surface area (Å²) >= 11 is 0. The van der Waals surface area contributed by atoms with Crippen LogP contribution in [0.25, 0.3) is 11.0 Å². The second-order valence-corrected chi connectivity index (χ2v) is 4.74. The number of hydrogen-bond donors (Lipinski definition) is 1. The Balaban J connectivity index is 2.88. The zero-order valence-corrected chi connectivity index (χ0v) is 10.5. The molecule has 2 aromatic heterocycles. The SMILES string of the molecule is Cc1c(C)n(CC(C)C)c2[nH]c(=O)oc(=O)c12. The summed E-state index contributed by atoms with van der Waals surface area (Å²) in [4.78, 5) is 25.5. The van der Waals surface area contributed by atoms with Crippen LogP contribution in [0, 0.1) is 19.8 Å². The van der Waals surface area contributed by atoms with Crippen LogP contribution in [0.2, 0.25) is 0 Å². The quantitative estimate of drug-likeness (QED) is 0.860. The molecule has 0 aliphatic rings. The van der Waals surface area contributed by atoms with E-state index in [1.807, 2.05) is 18.4 Å². The Bertz CT molecular complexity index is 673. The Kier molecular flexibility index (Phi) is 2.69. The van der Waals surface area contributed by atoms with Gasteiger partial charge in [-0.05, 0) is 25.3 Å². The van der Waals surface area contributed by atoms with Crippen LogP contribution in [0.15, 0.2) is 14.0 Å². The number of aromatic amines is 1. The fourth-order valence-electron chi connectivity index (χ4n) is 2.09. The third kappa shape index (κ3) is 1.81. The average Bonchev–Trinajstić information content (AvgIpc) is 2.42. The van der Waals surface area contributed by atoms with E-state index in [4.69, 9.17) is 0 Å². The second-order valence-electron chi connectivity index (χ2n) is 4.74.